The number of carbonyl (C=O) groups is 1. The Morgan fingerprint density at radius 1 is 1.47 bits per heavy atom. The van der Waals surface area contributed by atoms with Gasteiger partial charge in [-0.1, -0.05) is 23.7 Å². The smallest absolute Gasteiger partial charge is 0.153 e. The summed E-state index contributed by atoms with van der Waals surface area (Å²) in [5.41, 5.74) is 1.05. The summed E-state index contributed by atoms with van der Waals surface area (Å²) in [6.45, 7) is 0. The topological polar surface area (TPSA) is 39.2 Å². The molecule has 0 atom stereocenters. The van der Waals surface area contributed by atoms with Crippen LogP contribution >= 0.6 is 11.6 Å². The molecule has 0 unspecified atom stereocenters. The predicted molar refractivity (Wildman–Crippen MR) is 58.7 cm³/mol. The minimum absolute atomic E-state index is 0.196. The molecule has 0 saturated heterocycles. The molecule has 0 radical (unpaired) electrons. The maximum atomic E-state index is 10.7. The highest BCUT2D eigenvalue weighted by Gasteiger charge is 2.07. The zero-order chi connectivity index (χ0) is 10.8. The van der Waals surface area contributed by atoms with Crippen molar-refractivity contribution < 1.29 is 9.53 Å². The number of carbonyl (C=O) groups excluding carboxylic acids is 1. The van der Waals surface area contributed by atoms with Crippen LogP contribution in [0.15, 0.2) is 24.3 Å². The summed E-state index contributed by atoms with van der Waals surface area (Å²) in [5.74, 6) is 0.645. The molecule has 0 bridgehead atoms. The lowest BCUT2D eigenvalue weighted by Gasteiger charge is -2.05. The number of methoxy groups -OCH3 is 1. The van der Waals surface area contributed by atoms with Crippen molar-refractivity contribution in [3.8, 4) is 5.75 Å². The number of pyridine rings is 1. The minimum Gasteiger partial charge on any atom is -0.494 e. The van der Waals surface area contributed by atoms with Crippen LogP contribution in [0.2, 0.25) is 5.15 Å². The first-order valence-electron chi connectivity index (χ1n) is 4.34. The van der Waals surface area contributed by atoms with Crippen LogP contribution in [0.5, 0.6) is 5.75 Å². The number of para-hydroxylation sites is 1. The number of aldehydes is 1. The van der Waals surface area contributed by atoms with E-state index in [0.717, 1.165) is 5.39 Å². The van der Waals surface area contributed by atoms with Crippen molar-refractivity contribution in [2.45, 2.75) is 0 Å². The van der Waals surface area contributed by atoms with Crippen molar-refractivity contribution in [1.82, 2.24) is 4.98 Å². The lowest BCUT2D eigenvalue weighted by molar-refractivity contribution is 0.112. The van der Waals surface area contributed by atoms with Crippen molar-refractivity contribution in [1.29, 1.82) is 0 Å². The molecule has 0 N–H and O–H groups in total. The molecule has 0 saturated carbocycles. The van der Waals surface area contributed by atoms with Crippen LogP contribution in [0.4, 0.5) is 0 Å². The summed E-state index contributed by atoms with van der Waals surface area (Å²) in [5, 5.41) is 1.03. The van der Waals surface area contributed by atoms with Crippen molar-refractivity contribution in [2.75, 3.05) is 7.11 Å². The molecule has 1 aromatic carbocycles. The second-order valence-electron chi connectivity index (χ2n) is 3.02. The molecule has 2 aromatic rings. The first-order valence-corrected chi connectivity index (χ1v) is 4.72. The van der Waals surface area contributed by atoms with E-state index < -0.39 is 0 Å². The fourth-order valence-electron chi connectivity index (χ4n) is 1.41. The van der Waals surface area contributed by atoms with Gasteiger partial charge in [-0.25, -0.2) is 4.98 Å². The number of halogens is 1. The SMILES string of the molecule is COc1cccc2cc(C=O)c(Cl)nc12. The number of fused-ring (bicyclic) bond motifs is 1. The van der Waals surface area contributed by atoms with E-state index in [1.54, 1.807) is 19.2 Å². The number of ether oxygens (including phenoxy) is 1. The molecular formula is C11H8ClNO2. The molecule has 0 fully saturated rings. The number of rotatable bonds is 2. The average Bonchev–Trinajstić information content (AvgIpc) is 2.27. The first kappa shape index (κ1) is 9.93. The van der Waals surface area contributed by atoms with Crippen molar-refractivity contribution in [3.63, 3.8) is 0 Å². The van der Waals surface area contributed by atoms with E-state index >= 15 is 0 Å². The summed E-state index contributed by atoms with van der Waals surface area (Å²) < 4.78 is 5.15. The Morgan fingerprint density at radius 2 is 2.27 bits per heavy atom. The maximum absolute atomic E-state index is 10.7. The number of hydrogen-bond donors (Lipinski definition) is 0. The van der Waals surface area contributed by atoms with E-state index in [-0.39, 0.29) is 5.15 Å². The van der Waals surface area contributed by atoms with Gasteiger partial charge in [-0.2, -0.15) is 0 Å². The van der Waals surface area contributed by atoms with Crippen molar-refractivity contribution in [2.24, 2.45) is 0 Å². The number of nitrogens with zero attached hydrogens (tertiary/aromatic N) is 1. The fraction of sp³-hybridized carbons (Fsp3) is 0.0909. The highest BCUT2D eigenvalue weighted by Crippen LogP contribution is 2.26. The molecule has 0 spiro atoms. The number of benzene rings is 1. The zero-order valence-electron chi connectivity index (χ0n) is 8.03. The lowest BCUT2D eigenvalue weighted by Crippen LogP contribution is -1.91. The molecule has 76 valence electrons. The summed E-state index contributed by atoms with van der Waals surface area (Å²) >= 11 is 5.83. The van der Waals surface area contributed by atoms with Gasteiger partial charge in [0.05, 0.1) is 12.7 Å². The molecule has 0 amide bonds. The Hall–Kier alpha value is -1.61. The van der Waals surface area contributed by atoms with Gasteiger partial charge >= 0.3 is 0 Å². The van der Waals surface area contributed by atoms with Crippen LogP contribution in [0.25, 0.3) is 10.9 Å². The maximum Gasteiger partial charge on any atom is 0.153 e. The molecule has 2 rings (SSSR count). The monoisotopic (exact) mass is 221 g/mol. The van der Waals surface area contributed by atoms with Crippen molar-refractivity contribution in [3.05, 3.63) is 35.0 Å². The number of hydrogen-bond acceptors (Lipinski definition) is 3. The largest absolute Gasteiger partial charge is 0.494 e. The number of aromatic nitrogens is 1. The summed E-state index contributed by atoms with van der Waals surface area (Å²) in [4.78, 5) is 14.8. The summed E-state index contributed by atoms with van der Waals surface area (Å²) in [6.07, 6.45) is 0.689. The molecular weight excluding hydrogens is 214 g/mol. The zero-order valence-corrected chi connectivity index (χ0v) is 8.78. The standard InChI is InChI=1S/C11H8ClNO2/c1-15-9-4-2-3-7-5-8(6-14)11(12)13-10(7)9/h2-6H,1H3. The molecule has 1 heterocycles. The molecule has 4 heteroatoms. The normalized spacial score (nSPS) is 10.3. The van der Waals surface area contributed by atoms with Crippen LogP contribution in [-0.4, -0.2) is 18.4 Å². The highest BCUT2D eigenvalue weighted by molar-refractivity contribution is 6.32. The van der Waals surface area contributed by atoms with E-state index in [1.807, 2.05) is 12.1 Å². The Morgan fingerprint density at radius 3 is 2.93 bits per heavy atom. The fourth-order valence-corrected chi connectivity index (χ4v) is 1.60. The van der Waals surface area contributed by atoms with Gasteiger partial charge in [-0.3, -0.25) is 4.79 Å². The van der Waals surface area contributed by atoms with Crippen LogP contribution < -0.4 is 4.74 Å². The van der Waals surface area contributed by atoms with E-state index in [0.29, 0.717) is 23.1 Å². The Kier molecular flexibility index (Phi) is 2.56. The van der Waals surface area contributed by atoms with Gasteiger partial charge < -0.3 is 4.74 Å². The van der Waals surface area contributed by atoms with Gasteiger partial charge in [0.1, 0.15) is 16.4 Å². The third-order valence-electron chi connectivity index (χ3n) is 2.14. The predicted octanol–water partition coefficient (Wildman–Crippen LogP) is 2.71. The summed E-state index contributed by atoms with van der Waals surface area (Å²) in [7, 11) is 1.57. The van der Waals surface area contributed by atoms with E-state index in [9.17, 15) is 4.79 Å². The van der Waals surface area contributed by atoms with E-state index in [1.165, 1.54) is 0 Å². The van der Waals surface area contributed by atoms with Crippen LogP contribution in [0.3, 0.4) is 0 Å². The van der Waals surface area contributed by atoms with Gasteiger partial charge in [0, 0.05) is 5.39 Å². The third-order valence-corrected chi connectivity index (χ3v) is 2.44. The van der Waals surface area contributed by atoms with Crippen LogP contribution in [0, 0.1) is 0 Å². The minimum atomic E-state index is 0.196. The van der Waals surface area contributed by atoms with Gasteiger partial charge in [-0.15, -0.1) is 0 Å². The second-order valence-corrected chi connectivity index (χ2v) is 3.38. The average molecular weight is 222 g/mol. The molecule has 15 heavy (non-hydrogen) atoms. The Bertz CT molecular complexity index is 525. The van der Waals surface area contributed by atoms with Gasteiger partial charge in [-0.05, 0) is 12.1 Å². The third kappa shape index (κ3) is 1.66. The lowest BCUT2D eigenvalue weighted by atomic mass is 10.1. The van der Waals surface area contributed by atoms with Gasteiger partial charge in [0.2, 0.25) is 0 Å². The molecule has 1 aromatic heterocycles. The van der Waals surface area contributed by atoms with E-state index in [4.69, 9.17) is 16.3 Å². The Labute approximate surface area is 91.6 Å². The van der Waals surface area contributed by atoms with Gasteiger partial charge in [0.15, 0.2) is 6.29 Å². The van der Waals surface area contributed by atoms with E-state index in [2.05, 4.69) is 4.98 Å². The molecule has 0 aliphatic rings. The highest BCUT2D eigenvalue weighted by atomic mass is 35.5. The molecule has 0 aliphatic heterocycles. The molecule has 3 nitrogen and oxygen atoms in total. The molecule has 0 aliphatic carbocycles. The second kappa shape index (κ2) is 3.87. The van der Waals surface area contributed by atoms with Crippen LogP contribution in [0.1, 0.15) is 10.4 Å². The van der Waals surface area contributed by atoms with Gasteiger partial charge in [0.25, 0.3) is 0 Å². The van der Waals surface area contributed by atoms with Crippen LogP contribution in [-0.2, 0) is 0 Å². The van der Waals surface area contributed by atoms with Crippen molar-refractivity contribution >= 4 is 28.8 Å². The quantitative estimate of drug-likeness (QED) is 0.578. The summed E-state index contributed by atoms with van der Waals surface area (Å²) in [6, 6.07) is 7.19. The Balaban J connectivity index is 2.80. The first-order chi connectivity index (χ1) is 7.26.